The molecule has 0 bridgehead atoms. The number of para-hydroxylation sites is 4. The number of anilines is 8. The highest BCUT2D eigenvalue weighted by molar-refractivity contribution is 5.98. The van der Waals surface area contributed by atoms with E-state index in [1.807, 2.05) is 6.08 Å². The third-order valence-corrected chi connectivity index (χ3v) is 14.4. The monoisotopic (exact) mass is 923 g/mol. The molecule has 0 amide bonds. The number of allylic oxidation sites excluding steroid dienone is 3. The van der Waals surface area contributed by atoms with Gasteiger partial charge >= 0.3 is 0 Å². The van der Waals surface area contributed by atoms with Crippen molar-refractivity contribution in [2.45, 2.75) is 5.41 Å². The third kappa shape index (κ3) is 7.07. The number of benzene rings is 10. The van der Waals surface area contributed by atoms with Crippen molar-refractivity contribution in [1.82, 2.24) is 0 Å². The summed E-state index contributed by atoms with van der Waals surface area (Å²) in [6.45, 7) is 5.14. The van der Waals surface area contributed by atoms with E-state index in [4.69, 9.17) is 11.3 Å². The van der Waals surface area contributed by atoms with Crippen molar-refractivity contribution in [3.8, 4) is 39.1 Å². The second-order valence-electron chi connectivity index (χ2n) is 18.5. The molecule has 10 aromatic carbocycles. The molecule has 0 unspecified atom stereocenters. The van der Waals surface area contributed by atoms with Gasteiger partial charge in [0, 0.05) is 39.8 Å². The minimum absolute atomic E-state index is 0.432. The van der Waals surface area contributed by atoms with Crippen molar-refractivity contribution >= 4 is 45.5 Å². The summed E-state index contributed by atoms with van der Waals surface area (Å²) in [6.07, 6.45) is 8.25. The van der Waals surface area contributed by atoms with E-state index in [9.17, 15) is 0 Å². The van der Waals surface area contributed by atoms with E-state index in [0.717, 1.165) is 62.5 Å². The van der Waals surface area contributed by atoms with Gasteiger partial charge in [0.1, 0.15) is 12.4 Å². The summed E-state index contributed by atoms with van der Waals surface area (Å²) in [6, 6.07) is 90.2. The van der Waals surface area contributed by atoms with E-state index < -0.39 is 5.41 Å². The first kappa shape index (κ1) is 42.7. The van der Waals surface area contributed by atoms with Crippen LogP contribution in [0.5, 0.6) is 5.75 Å². The molecule has 0 N–H and O–H groups in total. The lowest BCUT2D eigenvalue weighted by atomic mass is 9.64. The summed E-state index contributed by atoms with van der Waals surface area (Å²) >= 11 is 0. The summed E-state index contributed by atoms with van der Waals surface area (Å²) in [4.78, 5) is 7.08. The fourth-order valence-electron chi connectivity index (χ4n) is 11.3. The highest BCUT2D eigenvalue weighted by atomic mass is 16.5. The molecule has 2 heterocycles. The SMILES string of the molecule is C=C1/C=C\C=C/COc2cccc3c2N1c1ccccc1C31c2cc(N(c3ccccc3)c3ccc(-c4ccccc4)cc3)ccc2-c2ccc(N(c3ccccc3)c3ccc(-c4ccccc4)cc3)cc21. The Kier molecular flexibility index (Phi) is 10.6. The molecular formula is C68H49N3O. The molecule has 4 heteroatoms. The lowest BCUT2D eigenvalue weighted by molar-refractivity contribution is 0.363. The van der Waals surface area contributed by atoms with Gasteiger partial charge in [-0.3, -0.25) is 0 Å². The molecule has 1 spiro atoms. The summed E-state index contributed by atoms with van der Waals surface area (Å²) in [7, 11) is 0. The molecule has 3 aliphatic rings. The van der Waals surface area contributed by atoms with Crippen LogP contribution < -0.4 is 19.4 Å². The molecule has 2 aliphatic heterocycles. The topological polar surface area (TPSA) is 19.0 Å². The van der Waals surface area contributed by atoms with Crippen molar-refractivity contribution in [2.24, 2.45) is 0 Å². The second-order valence-corrected chi connectivity index (χ2v) is 18.5. The Morgan fingerprint density at radius 2 is 0.833 bits per heavy atom. The maximum atomic E-state index is 6.77. The van der Waals surface area contributed by atoms with Crippen LogP contribution in [-0.4, -0.2) is 6.61 Å². The number of hydrogen-bond acceptors (Lipinski definition) is 4. The Balaban J connectivity index is 1.07. The fraction of sp³-hybridized carbons (Fsp3) is 0.0294. The number of fused-ring (bicyclic) bond motifs is 9. The van der Waals surface area contributed by atoms with Gasteiger partial charge < -0.3 is 19.4 Å². The normalized spacial score (nSPS) is 14.5. The van der Waals surface area contributed by atoms with Crippen molar-refractivity contribution in [1.29, 1.82) is 0 Å². The Morgan fingerprint density at radius 3 is 1.38 bits per heavy atom. The predicted molar refractivity (Wildman–Crippen MR) is 299 cm³/mol. The Labute approximate surface area is 421 Å². The van der Waals surface area contributed by atoms with Gasteiger partial charge in [-0.1, -0.05) is 183 Å². The van der Waals surface area contributed by atoms with E-state index in [1.54, 1.807) is 0 Å². The van der Waals surface area contributed by atoms with Crippen molar-refractivity contribution in [3.05, 3.63) is 308 Å². The second kappa shape index (κ2) is 17.9. The van der Waals surface area contributed by atoms with E-state index in [1.165, 1.54) is 50.1 Å². The number of nitrogens with zero attached hydrogens (tertiary/aromatic N) is 3. The van der Waals surface area contributed by atoms with E-state index in [-0.39, 0.29) is 0 Å². The maximum Gasteiger partial charge on any atom is 0.144 e. The van der Waals surface area contributed by atoms with Gasteiger partial charge in [-0.2, -0.15) is 0 Å². The van der Waals surface area contributed by atoms with Crippen LogP contribution >= 0.6 is 0 Å². The molecule has 0 saturated heterocycles. The zero-order chi connectivity index (χ0) is 48.0. The third-order valence-electron chi connectivity index (χ3n) is 14.4. The molecule has 72 heavy (non-hydrogen) atoms. The first-order chi connectivity index (χ1) is 35.6. The average molecular weight is 924 g/mol. The smallest absolute Gasteiger partial charge is 0.144 e. The highest BCUT2D eigenvalue weighted by Gasteiger charge is 2.53. The minimum Gasteiger partial charge on any atom is -0.487 e. The Bertz CT molecular complexity index is 3520. The van der Waals surface area contributed by atoms with Crippen LogP contribution in [0.15, 0.2) is 285 Å². The molecule has 10 aromatic rings. The van der Waals surface area contributed by atoms with Crippen LogP contribution in [0.2, 0.25) is 0 Å². The first-order valence-corrected chi connectivity index (χ1v) is 24.6. The zero-order valence-electron chi connectivity index (χ0n) is 39.6. The molecular weight excluding hydrogens is 875 g/mol. The van der Waals surface area contributed by atoms with Gasteiger partial charge in [0.2, 0.25) is 0 Å². The van der Waals surface area contributed by atoms with Crippen LogP contribution in [0.25, 0.3) is 33.4 Å². The maximum absolute atomic E-state index is 6.77. The van der Waals surface area contributed by atoms with E-state index in [2.05, 4.69) is 282 Å². The lowest BCUT2D eigenvalue weighted by Gasteiger charge is -2.46. The molecule has 0 fully saturated rings. The fourth-order valence-corrected chi connectivity index (χ4v) is 11.3. The molecule has 0 saturated carbocycles. The van der Waals surface area contributed by atoms with Gasteiger partial charge in [0.05, 0.1) is 16.8 Å². The van der Waals surface area contributed by atoms with Crippen LogP contribution in [0.3, 0.4) is 0 Å². The molecule has 0 radical (unpaired) electrons. The standard InChI is InChI=1S/C68H49N3O/c1-48-20-7-6-18-45-72-66-32-19-30-62-67(66)69(48)65-31-17-16-29-61(65)68(62)63-46-57(70(53-25-12-4-13-26-53)55-37-33-51(34-38-55)49-21-8-2-9-22-49)41-43-59(63)60-44-42-58(47-64(60)68)71(54-27-14-5-15-28-54)56-39-35-52(36-40-56)50-23-10-3-11-24-50/h2-44,46-47H,1,45H2/b18-6-,20-7-. The van der Waals surface area contributed by atoms with Gasteiger partial charge in [0.25, 0.3) is 0 Å². The van der Waals surface area contributed by atoms with Crippen LogP contribution in [0.1, 0.15) is 22.3 Å². The minimum atomic E-state index is -0.804. The van der Waals surface area contributed by atoms with Crippen LogP contribution in [0.4, 0.5) is 45.5 Å². The zero-order valence-corrected chi connectivity index (χ0v) is 39.6. The molecule has 4 nitrogen and oxygen atoms in total. The summed E-state index contributed by atoms with van der Waals surface area (Å²) in [5.74, 6) is 0.804. The van der Waals surface area contributed by atoms with E-state index >= 15 is 0 Å². The van der Waals surface area contributed by atoms with Crippen LogP contribution in [-0.2, 0) is 5.41 Å². The number of rotatable bonds is 8. The quantitative estimate of drug-likeness (QED) is 0.151. The lowest BCUT2D eigenvalue weighted by Crippen LogP contribution is -2.37. The summed E-state index contributed by atoms with van der Waals surface area (Å²) < 4.78 is 6.77. The average Bonchev–Trinajstić information content (AvgIpc) is 3.72. The largest absolute Gasteiger partial charge is 0.487 e. The van der Waals surface area contributed by atoms with Gasteiger partial charge in [-0.05, 0) is 153 Å². The highest BCUT2D eigenvalue weighted by Crippen LogP contribution is 2.65. The van der Waals surface area contributed by atoms with Gasteiger partial charge in [-0.15, -0.1) is 0 Å². The first-order valence-electron chi connectivity index (χ1n) is 24.6. The van der Waals surface area contributed by atoms with Crippen molar-refractivity contribution < 1.29 is 4.74 Å². The van der Waals surface area contributed by atoms with Gasteiger partial charge in [0.15, 0.2) is 0 Å². The van der Waals surface area contributed by atoms with Crippen molar-refractivity contribution in [2.75, 3.05) is 21.3 Å². The Hall–Kier alpha value is -9.38. The summed E-state index contributed by atoms with van der Waals surface area (Å²) in [5.41, 5.74) is 20.3. The molecule has 0 aromatic heterocycles. The van der Waals surface area contributed by atoms with Crippen LogP contribution in [0, 0.1) is 0 Å². The predicted octanol–water partition coefficient (Wildman–Crippen LogP) is 17.8. The summed E-state index contributed by atoms with van der Waals surface area (Å²) in [5, 5.41) is 0. The Morgan fingerprint density at radius 1 is 0.389 bits per heavy atom. The van der Waals surface area contributed by atoms with Gasteiger partial charge in [-0.25, -0.2) is 0 Å². The molecule has 13 rings (SSSR count). The van der Waals surface area contributed by atoms with Crippen molar-refractivity contribution in [3.63, 3.8) is 0 Å². The van der Waals surface area contributed by atoms with E-state index in [0.29, 0.717) is 6.61 Å². The number of ether oxygens (including phenoxy) is 1. The molecule has 342 valence electrons. The molecule has 0 atom stereocenters. The molecule has 1 aliphatic carbocycles. The number of hydrogen-bond donors (Lipinski definition) is 0.